The van der Waals surface area contributed by atoms with E-state index in [1.165, 1.54) is 11.4 Å². The van der Waals surface area contributed by atoms with Crippen LogP contribution < -0.4 is 4.72 Å². The lowest BCUT2D eigenvalue weighted by atomic mass is 9.94. The average Bonchev–Trinajstić information content (AvgIpc) is 2.78. The molecule has 1 saturated heterocycles. The summed E-state index contributed by atoms with van der Waals surface area (Å²) in [6, 6.07) is 1.18. The minimum absolute atomic E-state index is 0.0116. The van der Waals surface area contributed by atoms with Crippen molar-refractivity contribution in [3.8, 4) is 0 Å². The Hall–Kier alpha value is -0.960. The molecule has 2 heterocycles. The predicted molar refractivity (Wildman–Crippen MR) is 70.1 cm³/mol. The van der Waals surface area contributed by atoms with E-state index < -0.39 is 21.5 Å². The highest BCUT2D eigenvalue weighted by molar-refractivity contribution is 7.91. The molecular weight excluding hydrogens is 290 g/mol. The van der Waals surface area contributed by atoms with E-state index in [0.717, 1.165) is 11.3 Å². The van der Waals surface area contributed by atoms with E-state index in [4.69, 9.17) is 9.84 Å². The van der Waals surface area contributed by atoms with Gasteiger partial charge in [0.05, 0.1) is 5.56 Å². The van der Waals surface area contributed by atoms with E-state index in [0.29, 0.717) is 26.1 Å². The number of sulfonamides is 1. The van der Waals surface area contributed by atoms with Crippen molar-refractivity contribution >= 4 is 27.3 Å². The Kier molecular flexibility index (Phi) is 3.95. The fourth-order valence-corrected chi connectivity index (χ4v) is 4.49. The fraction of sp³-hybridized carbons (Fsp3) is 0.545. The molecule has 2 rings (SSSR count). The van der Waals surface area contributed by atoms with Crippen LogP contribution in [-0.2, 0) is 14.8 Å². The monoisotopic (exact) mass is 305 g/mol. The van der Waals surface area contributed by atoms with Gasteiger partial charge in [-0.15, -0.1) is 11.3 Å². The first-order valence-electron chi connectivity index (χ1n) is 5.76. The van der Waals surface area contributed by atoms with Crippen LogP contribution >= 0.6 is 11.3 Å². The number of carbonyl (C=O) groups is 1. The van der Waals surface area contributed by atoms with Gasteiger partial charge >= 0.3 is 5.97 Å². The lowest BCUT2D eigenvalue weighted by Crippen LogP contribution is -2.49. The van der Waals surface area contributed by atoms with Crippen molar-refractivity contribution in [2.24, 2.45) is 0 Å². The Labute approximate surface area is 115 Å². The zero-order valence-electron chi connectivity index (χ0n) is 10.4. The van der Waals surface area contributed by atoms with E-state index >= 15 is 0 Å². The number of hydrogen-bond acceptors (Lipinski definition) is 5. The third-order valence-corrected chi connectivity index (χ3v) is 6.14. The van der Waals surface area contributed by atoms with Crippen molar-refractivity contribution in [1.29, 1.82) is 0 Å². The Balaban J connectivity index is 2.19. The maximum Gasteiger partial charge on any atom is 0.336 e. The molecule has 19 heavy (non-hydrogen) atoms. The lowest BCUT2D eigenvalue weighted by molar-refractivity contribution is 0.0537. The largest absolute Gasteiger partial charge is 0.478 e. The molecule has 0 radical (unpaired) electrons. The summed E-state index contributed by atoms with van der Waals surface area (Å²) >= 11 is 0.910. The molecule has 2 N–H and O–H groups in total. The summed E-state index contributed by atoms with van der Waals surface area (Å²) in [5, 5.41) is 10.1. The normalized spacial score (nSPS) is 19.2. The number of thiophene rings is 1. The molecule has 6 nitrogen and oxygen atoms in total. The Morgan fingerprint density at radius 3 is 2.63 bits per heavy atom. The highest BCUT2D eigenvalue weighted by atomic mass is 32.2. The minimum atomic E-state index is -3.68. The summed E-state index contributed by atoms with van der Waals surface area (Å²) in [6.07, 6.45) is 1.20. The number of nitrogens with one attached hydrogen (secondary N) is 1. The summed E-state index contributed by atoms with van der Waals surface area (Å²) < 4.78 is 32.3. The van der Waals surface area contributed by atoms with Gasteiger partial charge in [-0.05, 0) is 25.8 Å². The van der Waals surface area contributed by atoms with Crippen molar-refractivity contribution in [3.63, 3.8) is 0 Å². The molecule has 0 amide bonds. The van der Waals surface area contributed by atoms with Crippen LogP contribution in [-0.4, -0.2) is 38.2 Å². The van der Waals surface area contributed by atoms with Crippen LogP contribution in [0.5, 0.6) is 0 Å². The van der Waals surface area contributed by atoms with Gasteiger partial charge in [0.25, 0.3) is 10.0 Å². The minimum Gasteiger partial charge on any atom is -0.478 e. The molecule has 1 aliphatic heterocycles. The molecule has 0 atom stereocenters. The van der Waals surface area contributed by atoms with Crippen molar-refractivity contribution in [2.75, 3.05) is 13.2 Å². The number of hydrogen-bond donors (Lipinski definition) is 2. The van der Waals surface area contributed by atoms with E-state index in [2.05, 4.69) is 4.72 Å². The van der Waals surface area contributed by atoms with E-state index in [9.17, 15) is 13.2 Å². The van der Waals surface area contributed by atoms with Gasteiger partial charge in [-0.3, -0.25) is 0 Å². The maximum atomic E-state index is 12.2. The summed E-state index contributed by atoms with van der Waals surface area (Å²) in [6.45, 7) is 2.87. The van der Waals surface area contributed by atoms with Gasteiger partial charge < -0.3 is 9.84 Å². The number of aromatic carboxylic acids is 1. The number of rotatable bonds is 4. The van der Waals surface area contributed by atoms with Crippen LogP contribution in [0.3, 0.4) is 0 Å². The molecule has 1 aromatic heterocycles. The molecule has 0 saturated carbocycles. The zero-order valence-corrected chi connectivity index (χ0v) is 12.0. The SMILES string of the molecule is CC1(NS(=O)(=O)c2cc(C(=O)O)cs2)CCOCC1. The first-order chi connectivity index (χ1) is 8.82. The number of ether oxygens (including phenoxy) is 1. The second-order valence-corrected chi connectivity index (χ2v) is 7.56. The van der Waals surface area contributed by atoms with Gasteiger partial charge in [-0.1, -0.05) is 0 Å². The first-order valence-corrected chi connectivity index (χ1v) is 8.12. The van der Waals surface area contributed by atoms with Crippen molar-refractivity contribution in [1.82, 2.24) is 4.72 Å². The average molecular weight is 305 g/mol. The van der Waals surface area contributed by atoms with Crippen LogP contribution in [0, 0.1) is 0 Å². The van der Waals surface area contributed by atoms with Crippen LogP contribution in [0.1, 0.15) is 30.1 Å². The molecule has 1 aliphatic rings. The van der Waals surface area contributed by atoms with Crippen molar-refractivity contribution < 1.29 is 23.1 Å². The summed E-state index contributed by atoms with van der Waals surface area (Å²) in [5.41, 5.74) is -0.549. The molecule has 0 spiro atoms. The molecule has 8 heteroatoms. The highest BCUT2D eigenvalue weighted by Gasteiger charge is 2.33. The lowest BCUT2D eigenvalue weighted by Gasteiger charge is -2.33. The van der Waals surface area contributed by atoms with E-state index in [1.54, 1.807) is 0 Å². The Morgan fingerprint density at radius 1 is 1.47 bits per heavy atom. The molecule has 0 aromatic carbocycles. The molecular formula is C11H15NO5S2. The topological polar surface area (TPSA) is 92.7 Å². The third-order valence-electron chi connectivity index (χ3n) is 3.06. The molecule has 1 fully saturated rings. The zero-order chi connectivity index (χ0) is 14.1. The molecule has 106 valence electrons. The van der Waals surface area contributed by atoms with Crippen LogP contribution in [0.2, 0.25) is 0 Å². The standard InChI is InChI=1S/C11H15NO5S2/c1-11(2-4-17-5-3-11)12-19(15,16)9-6-8(7-18-9)10(13)14/h6-7,12H,2-5H2,1H3,(H,13,14). The van der Waals surface area contributed by atoms with Crippen molar-refractivity contribution in [2.45, 2.75) is 29.5 Å². The van der Waals surface area contributed by atoms with Gasteiger partial charge in [0.1, 0.15) is 4.21 Å². The van der Waals surface area contributed by atoms with Gasteiger partial charge in [-0.2, -0.15) is 0 Å². The summed E-state index contributed by atoms with van der Waals surface area (Å²) in [5.74, 6) is -1.13. The van der Waals surface area contributed by atoms with Gasteiger partial charge in [0.15, 0.2) is 0 Å². The fourth-order valence-electron chi connectivity index (χ4n) is 1.87. The second-order valence-electron chi connectivity index (χ2n) is 4.74. The third kappa shape index (κ3) is 3.33. The van der Waals surface area contributed by atoms with E-state index in [-0.39, 0.29) is 9.77 Å². The van der Waals surface area contributed by atoms with Crippen LogP contribution in [0.25, 0.3) is 0 Å². The van der Waals surface area contributed by atoms with Crippen molar-refractivity contribution in [3.05, 3.63) is 17.0 Å². The predicted octanol–water partition coefficient (Wildman–Crippen LogP) is 1.29. The van der Waals surface area contributed by atoms with Gasteiger partial charge in [-0.25, -0.2) is 17.9 Å². The Bertz CT molecular complexity index is 572. The number of carboxylic acid groups (broad SMARTS) is 1. The first kappa shape index (κ1) is 14.4. The smallest absolute Gasteiger partial charge is 0.336 e. The van der Waals surface area contributed by atoms with Crippen LogP contribution in [0.4, 0.5) is 0 Å². The highest BCUT2D eigenvalue weighted by Crippen LogP contribution is 2.26. The van der Waals surface area contributed by atoms with Gasteiger partial charge in [0.2, 0.25) is 0 Å². The molecule has 0 unspecified atom stereocenters. The summed E-state index contributed by atoms with van der Waals surface area (Å²) in [4.78, 5) is 10.8. The Morgan fingerprint density at radius 2 is 2.11 bits per heavy atom. The van der Waals surface area contributed by atoms with Gasteiger partial charge in [0, 0.05) is 24.1 Å². The second kappa shape index (κ2) is 5.20. The van der Waals surface area contributed by atoms with Crippen LogP contribution in [0.15, 0.2) is 15.7 Å². The van der Waals surface area contributed by atoms with E-state index in [1.807, 2.05) is 6.92 Å². The molecule has 1 aromatic rings. The molecule has 0 bridgehead atoms. The maximum absolute atomic E-state index is 12.2. The summed E-state index contributed by atoms with van der Waals surface area (Å²) in [7, 11) is -3.68. The molecule has 0 aliphatic carbocycles. The number of carboxylic acids is 1. The quantitative estimate of drug-likeness (QED) is 0.874.